The van der Waals surface area contributed by atoms with E-state index < -0.39 is 0 Å². The molecule has 0 aliphatic heterocycles. The first-order valence-electron chi connectivity index (χ1n) is 4.61. The van der Waals surface area contributed by atoms with Crippen LogP contribution in [0.1, 0.15) is 34.1 Å². The molecule has 0 aromatic heterocycles. The first-order chi connectivity index (χ1) is 5.90. The Hall–Kier alpha value is -0.770. The lowest BCUT2D eigenvalue weighted by Gasteiger charge is -2.23. The number of nitrogens with one attached hydrogen (secondary N) is 1. The Morgan fingerprint density at radius 2 is 2.08 bits per heavy atom. The minimum absolute atomic E-state index is 0.0239. The summed E-state index contributed by atoms with van der Waals surface area (Å²) in [4.78, 5) is 0. The van der Waals surface area contributed by atoms with Gasteiger partial charge >= 0.3 is 0 Å². The molecule has 0 radical (unpaired) electrons. The van der Waals surface area contributed by atoms with Crippen molar-refractivity contribution in [2.24, 2.45) is 16.3 Å². The molecular formula is C9H21N3O. The normalized spacial score (nSPS) is 15.8. The van der Waals surface area contributed by atoms with Gasteiger partial charge in [0.25, 0.3) is 0 Å². The second-order valence-electron chi connectivity index (χ2n) is 4.43. The van der Waals surface area contributed by atoms with Crippen molar-refractivity contribution in [1.82, 2.24) is 5.32 Å². The highest BCUT2D eigenvalue weighted by Crippen LogP contribution is 2.11. The Labute approximate surface area is 80.2 Å². The molecule has 0 fully saturated rings. The van der Waals surface area contributed by atoms with Crippen LogP contribution in [0.3, 0.4) is 0 Å². The molecule has 0 bridgehead atoms. The van der Waals surface area contributed by atoms with Gasteiger partial charge in [0, 0.05) is 6.54 Å². The van der Waals surface area contributed by atoms with Crippen LogP contribution in [0, 0.1) is 5.41 Å². The molecule has 0 rings (SSSR count). The average molecular weight is 187 g/mol. The fraction of sp³-hybridized carbons (Fsp3) is 0.889. The zero-order valence-electron chi connectivity index (χ0n) is 8.96. The van der Waals surface area contributed by atoms with Gasteiger partial charge in [0.05, 0.1) is 6.04 Å². The predicted octanol–water partition coefficient (Wildman–Crippen LogP) is 1.15. The zero-order valence-corrected chi connectivity index (χ0v) is 8.96. The van der Waals surface area contributed by atoms with Crippen molar-refractivity contribution in [2.45, 2.75) is 40.2 Å². The number of nitrogens with zero attached hydrogens (tertiary/aromatic N) is 1. The third kappa shape index (κ3) is 5.47. The van der Waals surface area contributed by atoms with E-state index in [9.17, 15) is 0 Å². The highest BCUT2D eigenvalue weighted by Gasteiger charge is 2.15. The maximum absolute atomic E-state index is 8.49. The highest BCUT2D eigenvalue weighted by atomic mass is 16.4. The number of oxime groups is 1. The van der Waals surface area contributed by atoms with Crippen molar-refractivity contribution in [3.8, 4) is 0 Å². The quantitative estimate of drug-likeness (QED) is 0.267. The second-order valence-corrected chi connectivity index (χ2v) is 4.43. The molecule has 0 saturated carbocycles. The van der Waals surface area contributed by atoms with E-state index in [0.29, 0.717) is 0 Å². The number of hydrogen-bond acceptors (Lipinski definition) is 3. The molecule has 13 heavy (non-hydrogen) atoms. The van der Waals surface area contributed by atoms with Crippen LogP contribution in [0.5, 0.6) is 0 Å². The van der Waals surface area contributed by atoms with Gasteiger partial charge in [-0.2, -0.15) is 0 Å². The molecule has 0 heterocycles. The minimum atomic E-state index is -0.0239. The van der Waals surface area contributed by atoms with Gasteiger partial charge in [-0.3, -0.25) is 0 Å². The van der Waals surface area contributed by atoms with Crippen molar-refractivity contribution in [3.05, 3.63) is 0 Å². The van der Waals surface area contributed by atoms with E-state index >= 15 is 0 Å². The molecule has 4 N–H and O–H groups in total. The average Bonchev–Trinajstić information content (AvgIpc) is 2.03. The lowest BCUT2D eigenvalue weighted by atomic mass is 9.96. The van der Waals surface area contributed by atoms with Crippen LogP contribution < -0.4 is 11.1 Å². The third-order valence-corrected chi connectivity index (χ3v) is 1.76. The van der Waals surface area contributed by atoms with Crippen molar-refractivity contribution in [3.63, 3.8) is 0 Å². The summed E-state index contributed by atoms with van der Waals surface area (Å²) >= 11 is 0. The first-order valence-corrected chi connectivity index (χ1v) is 4.61. The topological polar surface area (TPSA) is 70.6 Å². The van der Waals surface area contributed by atoms with Gasteiger partial charge in [0.15, 0.2) is 5.84 Å². The summed E-state index contributed by atoms with van der Waals surface area (Å²) in [6.45, 7) is 9.26. The Balaban J connectivity index is 4.01. The fourth-order valence-electron chi connectivity index (χ4n) is 0.957. The maximum atomic E-state index is 8.49. The summed E-state index contributed by atoms with van der Waals surface area (Å²) in [5.74, 6) is 0.256. The lowest BCUT2D eigenvalue weighted by Crippen LogP contribution is -2.44. The van der Waals surface area contributed by atoms with Crippen molar-refractivity contribution in [1.29, 1.82) is 0 Å². The van der Waals surface area contributed by atoms with Crippen molar-refractivity contribution >= 4 is 5.84 Å². The maximum Gasteiger partial charge on any atom is 0.156 e. The van der Waals surface area contributed by atoms with E-state index in [1.807, 2.05) is 6.92 Å². The van der Waals surface area contributed by atoms with Crippen LogP contribution in [0.15, 0.2) is 5.16 Å². The largest absolute Gasteiger partial charge is 0.409 e. The molecule has 0 spiro atoms. The van der Waals surface area contributed by atoms with Gasteiger partial charge in [0.1, 0.15) is 0 Å². The summed E-state index contributed by atoms with van der Waals surface area (Å²) in [5, 5.41) is 14.7. The molecule has 1 atom stereocenters. The molecule has 0 aliphatic carbocycles. The smallest absolute Gasteiger partial charge is 0.156 e. The van der Waals surface area contributed by atoms with Gasteiger partial charge in [-0.15, -0.1) is 0 Å². The minimum Gasteiger partial charge on any atom is -0.409 e. The molecule has 1 unspecified atom stereocenters. The molecule has 0 aliphatic rings. The molecule has 0 saturated heterocycles. The van der Waals surface area contributed by atoms with E-state index in [0.717, 1.165) is 13.0 Å². The number of rotatable bonds is 4. The number of amidine groups is 1. The van der Waals surface area contributed by atoms with Crippen LogP contribution in [0.25, 0.3) is 0 Å². The lowest BCUT2D eigenvalue weighted by molar-refractivity contribution is 0.311. The number of hydrogen-bond donors (Lipinski definition) is 3. The van der Waals surface area contributed by atoms with Crippen LogP contribution in [-0.2, 0) is 0 Å². The third-order valence-electron chi connectivity index (χ3n) is 1.76. The zero-order chi connectivity index (χ0) is 10.5. The molecular weight excluding hydrogens is 166 g/mol. The van der Waals surface area contributed by atoms with E-state index in [1.165, 1.54) is 0 Å². The molecule has 0 aromatic rings. The van der Waals surface area contributed by atoms with Crippen LogP contribution in [0.4, 0.5) is 0 Å². The summed E-state index contributed by atoms with van der Waals surface area (Å²) in [7, 11) is 0. The fourth-order valence-corrected chi connectivity index (χ4v) is 0.957. The molecule has 0 amide bonds. The van der Waals surface area contributed by atoms with Gasteiger partial charge in [-0.1, -0.05) is 32.9 Å². The standard InChI is InChI=1S/C9H21N3O/c1-5-7(8(10)12-13)11-6-9(2,3)4/h7,11,13H,5-6H2,1-4H3,(H2,10,12). The number of nitrogens with two attached hydrogens (primary N) is 1. The molecule has 4 heteroatoms. The Bertz CT molecular complexity index is 172. The van der Waals surface area contributed by atoms with E-state index in [4.69, 9.17) is 10.9 Å². The monoisotopic (exact) mass is 187 g/mol. The SMILES string of the molecule is CCC(NCC(C)(C)C)C(N)=NO. The molecule has 4 nitrogen and oxygen atoms in total. The van der Waals surface area contributed by atoms with Gasteiger partial charge in [-0.25, -0.2) is 0 Å². The summed E-state index contributed by atoms with van der Waals surface area (Å²) in [6, 6.07) is -0.0239. The van der Waals surface area contributed by atoms with Crippen LogP contribution >= 0.6 is 0 Å². The van der Waals surface area contributed by atoms with Crippen molar-refractivity contribution in [2.75, 3.05) is 6.54 Å². The van der Waals surface area contributed by atoms with Crippen LogP contribution in [-0.4, -0.2) is 23.6 Å². The Morgan fingerprint density at radius 3 is 2.38 bits per heavy atom. The second kappa shape index (κ2) is 5.07. The van der Waals surface area contributed by atoms with Crippen molar-refractivity contribution < 1.29 is 5.21 Å². The molecule has 0 aromatic carbocycles. The Morgan fingerprint density at radius 1 is 1.54 bits per heavy atom. The van der Waals surface area contributed by atoms with E-state index in [2.05, 4.69) is 31.2 Å². The highest BCUT2D eigenvalue weighted by molar-refractivity contribution is 5.85. The first kappa shape index (κ1) is 12.2. The molecule has 78 valence electrons. The Kier molecular flexibility index (Phi) is 4.77. The van der Waals surface area contributed by atoms with Gasteiger partial charge in [0.2, 0.25) is 0 Å². The van der Waals surface area contributed by atoms with Gasteiger partial charge < -0.3 is 16.3 Å². The predicted molar refractivity (Wildman–Crippen MR) is 54.9 cm³/mol. The van der Waals surface area contributed by atoms with E-state index in [-0.39, 0.29) is 17.3 Å². The van der Waals surface area contributed by atoms with E-state index in [1.54, 1.807) is 0 Å². The van der Waals surface area contributed by atoms with Crippen LogP contribution in [0.2, 0.25) is 0 Å². The van der Waals surface area contributed by atoms with Gasteiger partial charge in [-0.05, 0) is 11.8 Å². The summed E-state index contributed by atoms with van der Waals surface area (Å²) in [5.41, 5.74) is 5.71. The summed E-state index contributed by atoms with van der Waals surface area (Å²) < 4.78 is 0. The summed E-state index contributed by atoms with van der Waals surface area (Å²) in [6.07, 6.45) is 0.825.